The van der Waals surface area contributed by atoms with Gasteiger partial charge in [0.25, 0.3) is 0 Å². The maximum atomic E-state index is 13.9. The molecule has 0 aliphatic rings. The summed E-state index contributed by atoms with van der Waals surface area (Å²) < 4.78 is 13.9. The zero-order chi connectivity index (χ0) is 19.8. The first-order valence-corrected chi connectivity index (χ1v) is 10.9. The second-order valence-electron chi connectivity index (χ2n) is 6.88. The van der Waals surface area contributed by atoms with Gasteiger partial charge in [0.05, 0.1) is 15.7 Å². The molecule has 0 radical (unpaired) electrons. The van der Waals surface area contributed by atoms with Crippen molar-refractivity contribution >= 4 is 43.9 Å². The van der Waals surface area contributed by atoms with Crippen molar-refractivity contribution in [2.75, 3.05) is 0 Å². The van der Waals surface area contributed by atoms with Gasteiger partial charge in [-0.05, 0) is 51.4 Å². The first-order valence-electron chi connectivity index (χ1n) is 9.40. The Balaban J connectivity index is 1.95. The van der Waals surface area contributed by atoms with E-state index in [2.05, 4.69) is 42.5 Å². The van der Waals surface area contributed by atoms with E-state index in [4.69, 9.17) is 11.6 Å². The van der Waals surface area contributed by atoms with E-state index in [1.54, 1.807) is 12.1 Å². The molecule has 5 rings (SSSR count). The minimum Gasteiger partial charge on any atom is -0.249 e. The average Bonchev–Trinajstić information content (AvgIpc) is 2.79. The van der Waals surface area contributed by atoms with Gasteiger partial charge < -0.3 is 0 Å². The van der Waals surface area contributed by atoms with Gasteiger partial charge >= 0.3 is 0 Å². The molecule has 0 aliphatic carbocycles. The maximum Gasteiger partial charge on any atom is 0.0862 e. The highest BCUT2D eigenvalue weighted by molar-refractivity contribution is 7.85. The Morgan fingerprint density at radius 3 is 1.72 bits per heavy atom. The van der Waals surface area contributed by atoms with Crippen molar-refractivity contribution in [2.45, 2.75) is 9.79 Å². The number of halogens is 1. The van der Waals surface area contributed by atoms with E-state index >= 15 is 0 Å². The lowest BCUT2D eigenvalue weighted by Gasteiger charge is -2.17. The van der Waals surface area contributed by atoms with E-state index in [9.17, 15) is 4.21 Å². The minimum atomic E-state index is -1.36. The van der Waals surface area contributed by atoms with Crippen LogP contribution in [0.5, 0.6) is 0 Å². The van der Waals surface area contributed by atoms with Gasteiger partial charge in [-0.3, -0.25) is 0 Å². The number of hydrogen-bond acceptors (Lipinski definition) is 1. The van der Waals surface area contributed by atoms with Crippen LogP contribution >= 0.6 is 11.6 Å². The Kier molecular flexibility index (Phi) is 4.67. The van der Waals surface area contributed by atoms with Crippen LogP contribution in [0.25, 0.3) is 32.7 Å². The van der Waals surface area contributed by atoms with Crippen molar-refractivity contribution in [3.8, 4) is 11.1 Å². The van der Waals surface area contributed by atoms with Gasteiger partial charge in [-0.1, -0.05) is 90.5 Å². The van der Waals surface area contributed by atoms with E-state index in [1.165, 1.54) is 5.39 Å². The third kappa shape index (κ3) is 3.15. The summed E-state index contributed by atoms with van der Waals surface area (Å²) in [6, 6.07) is 34.1. The second-order valence-corrected chi connectivity index (χ2v) is 8.74. The largest absolute Gasteiger partial charge is 0.249 e. The van der Waals surface area contributed by atoms with Gasteiger partial charge in [0, 0.05) is 15.5 Å². The molecule has 0 heterocycles. The average molecular weight is 413 g/mol. The quantitative estimate of drug-likeness (QED) is 0.281. The fourth-order valence-corrected chi connectivity index (χ4v) is 5.40. The molecular formula is C26H17ClOS. The van der Waals surface area contributed by atoms with Crippen LogP contribution in [-0.2, 0) is 10.8 Å². The van der Waals surface area contributed by atoms with E-state index < -0.39 is 10.8 Å². The van der Waals surface area contributed by atoms with E-state index in [0.29, 0.717) is 5.02 Å². The van der Waals surface area contributed by atoms with Crippen LogP contribution in [0, 0.1) is 0 Å². The molecule has 0 aromatic heterocycles. The lowest BCUT2D eigenvalue weighted by Crippen LogP contribution is -1.99. The van der Waals surface area contributed by atoms with Crippen molar-refractivity contribution in [3.63, 3.8) is 0 Å². The van der Waals surface area contributed by atoms with E-state index in [1.807, 2.05) is 48.5 Å². The first kappa shape index (κ1) is 18.1. The van der Waals surface area contributed by atoms with Crippen molar-refractivity contribution in [2.24, 2.45) is 0 Å². The van der Waals surface area contributed by atoms with Crippen molar-refractivity contribution in [1.82, 2.24) is 0 Å². The Morgan fingerprint density at radius 2 is 1.07 bits per heavy atom. The molecule has 1 atom stereocenters. The summed E-state index contributed by atoms with van der Waals surface area (Å²) in [5.74, 6) is 0. The molecule has 0 bridgehead atoms. The van der Waals surface area contributed by atoms with Gasteiger partial charge in [-0.25, -0.2) is 4.21 Å². The molecule has 5 aromatic rings. The molecule has 0 saturated carbocycles. The summed E-state index contributed by atoms with van der Waals surface area (Å²) in [6.07, 6.45) is 0. The fourth-order valence-electron chi connectivity index (χ4n) is 3.87. The maximum absolute atomic E-state index is 13.9. The molecule has 3 heteroatoms. The van der Waals surface area contributed by atoms with Gasteiger partial charge in [0.15, 0.2) is 0 Å². The van der Waals surface area contributed by atoms with Crippen LogP contribution in [0.1, 0.15) is 0 Å². The fraction of sp³-hybridized carbons (Fsp3) is 0. The zero-order valence-corrected chi connectivity index (χ0v) is 17.1. The van der Waals surface area contributed by atoms with Crippen LogP contribution in [0.3, 0.4) is 0 Å². The number of benzene rings is 5. The third-order valence-electron chi connectivity index (χ3n) is 5.16. The Hall–Kier alpha value is -2.94. The van der Waals surface area contributed by atoms with Crippen molar-refractivity contribution in [1.29, 1.82) is 0 Å². The summed E-state index contributed by atoms with van der Waals surface area (Å²) >= 11 is 6.06. The Labute approximate surface area is 177 Å². The molecule has 0 saturated heterocycles. The highest BCUT2D eigenvalue weighted by Gasteiger charge is 2.21. The SMILES string of the molecule is O=S(c1ccc(Cl)cc1)c1c(-c2ccccc2)c2ccccc2c2ccccc12. The predicted octanol–water partition coefficient (Wildman–Crippen LogP) is 7.48. The molecule has 0 spiro atoms. The Bertz CT molecular complexity index is 1360. The molecule has 1 unspecified atom stereocenters. The molecule has 0 N–H and O–H groups in total. The van der Waals surface area contributed by atoms with Gasteiger partial charge in [0.1, 0.15) is 0 Å². The topological polar surface area (TPSA) is 17.1 Å². The normalized spacial score (nSPS) is 12.3. The summed E-state index contributed by atoms with van der Waals surface area (Å²) in [6.45, 7) is 0. The number of rotatable bonds is 3. The summed E-state index contributed by atoms with van der Waals surface area (Å²) in [5.41, 5.74) is 2.08. The zero-order valence-electron chi connectivity index (χ0n) is 15.5. The highest BCUT2D eigenvalue weighted by Crippen LogP contribution is 2.42. The third-order valence-corrected chi connectivity index (χ3v) is 6.91. The van der Waals surface area contributed by atoms with Crippen LogP contribution in [0.2, 0.25) is 5.02 Å². The summed E-state index contributed by atoms with van der Waals surface area (Å²) in [4.78, 5) is 1.58. The summed E-state index contributed by atoms with van der Waals surface area (Å²) in [7, 11) is -1.36. The molecule has 140 valence electrons. The molecule has 0 fully saturated rings. The second kappa shape index (κ2) is 7.47. The van der Waals surface area contributed by atoms with Crippen molar-refractivity contribution < 1.29 is 4.21 Å². The van der Waals surface area contributed by atoms with Crippen LogP contribution in [0.4, 0.5) is 0 Å². The first-order chi connectivity index (χ1) is 14.2. The predicted molar refractivity (Wildman–Crippen MR) is 123 cm³/mol. The lowest BCUT2D eigenvalue weighted by molar-refractivity contribution is 0.684. The molecule has 1 nitrogen and oxygen atoms in total. The standard InChI is InChI=1S/C26H17ClOS/c27-19-14-16-20(17-15-19)29(28)26-24-13-7-5-11-22(24)21-10-4-6-12-23(21)25(26)18-8-2-1-3-9-18/h1-17H. The smallest absolute Gasteiger partial charge is 0.0862 e. The van der Waals surface area contributed by atoms with Crippen LogP contribution < -0.4 is 0 Å². The molecule has 0 aliphatic heterocycles. The van der Waals surface area contributed by atoms with Gasteiger partial charge in [-0.15, -0.1) is 0 Å². The van der Waals surface area contributed by atoms with Crippen molar-refractivity contribution in [3.05, 3.63) is 108 Å². The van der Waals surface area contributed by atoms with E-state index in [0.717, 1.165) is 37.1 Å². The number of hydrogen-bond donors (Lipinski definition) is 0. The Morgan fingerprint density at radius 1 is 0.552 bits per heavy atom. The summed E-state index contributed by atoms with van der Waals surface area (Å²) in [5, 5.41) is 5.03. The monoisotopic (exact) mass is 412 g/mol. The van der Waals surface area contributed by atoms with Gasteiger partial charge in [-0.2, -0.15) is 0 Å². The van der Waals surface area contributed by atoms with Gasteiger partial charge in [0.2, 0.25) is 0 Å². The highest BCUT2D eigenvalue weighted by atomic mass is 35.5. The number of fused-ring (bicyclic) bond motifs is 3. The van der Waals surface area contributed by atoms with E-state index in [-0.39, 0.29) is 0 Å². The van der Waals surface area contributed by atoms with Crippen LogP contribution in [-0.4, -0.2) is 4.21 Å². The minimum absolute atomic E-state index is 0.636. The molecule has 5 aromatic carbocycles. The van der Waals surface area contributed by atoms with Crippen LogP contribution in [0.15, 0.2) is 113 Å². The molecule has 29 heavy (non-hydrogen) atoms. The lowest BCUT2D eigenvalue weighted by atomic mass is 9.93. The molecular weight excluding hydrogens is 396 g/mol. The molecule has 0 amide bonds.